The molecule has 0 fully saturated rings. The fourth-order valence-electron chi connectivity index (χ4n) is 0.599. The molecule has 0 radical (unpaired) electrons. The van der Waals surface area contributed by atoms with Gasteiger partial charge in [-0.2, -0.15) is 11.8 Å². The maximum Gasteiger partial charge on any atom is 0.0170 e. The molecule has 0 rings (SSSR count). The third-order valence-corrected chi connectivity index (χ3v) is 2.16. The third kappa shape index (κ3) is 6.17. The summed E-state index contributed by atoms with van der Waals surface area (Å²) in [7, 11) is 0. The summed E-state index contributed by atoms with van der Waals surface area (Å²) in [6.45, 7) is 10.2. The van der Waals surface area contributed by atoms with Gasteiger partial charge in [-0.05, 0) is 12.3 Å². The Hall–Kier alpha value is 0.0500. The molecule has 0 aromatic carbocycles. The standard InChI is InChI=1S/C8H17NS/c1-4-9-6-8(3)7-10-5-2/h9H,3-7H2,1-2H3. The Labute approximate surface area is 68.3 Å². The van der Waals surface area contributed by atoms with E-state index in [9.17, 15) is 0 Å². The molecule has 0 amide bonds. The van der Waals surface area contributed by atoms with E-state index in [2.05, 4.69) is 25.7 Å². The first kappa shape index (κ1) is 10.0. The predicted molar refractivity (Wildman–Crippen MR) is 50.7 cm³/mol. The zero-order chi connectivity index (χ0) is 7.82. The summed E-state index contributed by atoms with van der Waals surface area (Å²) in [5.41, 5.74) is 1.30. The first-order valence-electron chi connectivity index (χ1n) is 3.76. The first-order valence-corrected chi connectivity index (χ1v) is 4.91. The number of rotatable bonds is 6. The lowest BCUT2D eigenvalue weighted by Crippen LogP contribution is -2.16. The van der Waals surface area contributed by atoms with Crippen LogP contribution in [0.15, 0.2) is 12.2 Å². The van der Waals surface area contributed by atoms with Gasteiger partial charge in [-0.3, -0.25) is 0 Å². The van der Waals surface area contributed by atoms with E-state index in [1.54, 1.807) is 0 Å². The van der Waals surface area contributed by atoms with Crippen LogP contribution in [-0.4, -0.2) is 24.6 Å². The summed E-state index contributed by atoms with van der Waals surface area (Å²) in [5.74, 6) is 2.29. The average Bonchev–Trinajstić information content (AvgIpc) is 1.97. The van der Waals surface area contributed by atoms with Crippen LogP contribution >= 0.6 is 11.8 Å². The molecule has 1 N–H and O–H groups in total. The van der Waals surface area contributed by atoms with E-state index >= 15 is 0 Å². The summed E-state index contributed by atoms with van der Waals surface area (Å²) >= 11 is 1.93. The molecule has 0 aliphatic rings. The molecule has 10 heavy (non-hydrogen) atoms. The first-order chi connectivity index (χ1) is 4.81. The maximum atomic E-state index is 3.95. The number of hydrogen-bond acceptors (Lipinski definition) is 2. The predicted octanol–water partition coefficient (Wildman–Crippen LogP) is 1.91. The van der Waals surface area contributed by atoms with Crippen LogP contribution in [0.1, 0.15) is 13.8 Å². The van der Waals surface area contributed by atoms with Crippen molar-refractivity contribution in [3.05, 3.63) is 12.2 Å². The number of thioether (sulfide) groups is 1. The molecule has 0 bridgehead atoms. The Morgan fingerprint density at radius 3 is 2.70 bits per heavy atom. The summed E-state index contributed by atoms with van der Waals surface area (Å²) in [4.78, 5) is 0. The maximum absolute atomic E-state index is 3.95. The molecular weight excluding hydrogens is 142 g/mol. The number of likely N-dealkylation sites (N-methyl/N-ethyl adjacent to an activating group) is 1. The second-order valence-corrected chi connectivity index (χ2v) is 3.44. The van der Waals surface area contributed by atoms with Crippen LogP contribution in [0, 0.1) is 0 Å². The molecule has 1 nitrogen and oxygen atoms in total. The topological polar surface area (TPSA) is 12.0 Å². The Bertz CT molecular complexity index is 81.3. The van der Waals surface area contributed by atoms with Crippen LogP contribution in [0.3, 0.4) is 0 Å². The normalized spacial score (nSPS) is 9.80. The van der Waals surface area contributed by atoms with Crippen LogP contribution in [0.25, 0.3) is 0 Å². The second-order valence-electron chi connectivity index (χ2n) is 2.17. The quantitative estimate of drug-likeness (QED) is 0.594. The van der Waals surface area contributed by atoms with Crippen LogP contribution in [0.5, 0.6) is 0 Å². The molecule has 0 atom stereocenters. The molecule has 0 aromatic rings. The molecular formula is C8H17NS. The van der Waals surface area contributed by atoms with Crippen molar-refractivity contribution in [1.82, 2.24) is 5.32 Å². The fourth-order valence-corrected chi connectivity index (χ4v) is 1.19. The Morgan fingerprint density at radius 1 is 1.50 bits per heavy atom. The zero-order valence-electron chi connectivity index (χ0n) is 6.94. The smallest absolute Gasteiger partial charge is 0.0170 e. The highest BCUT2D eigenvalue weighted by atomic mass is 32.2. The van der Waals surface area contributed by atoms with Crippen LogP contribution in [-0.2, 0) is 0 Å². The number of nitrogens with one attached hydrogen (secondary N) is 1. The van der Waals surface area contributed by atoms with Gasteiger partial charge in [0.25, 0.3) is 0 Å². The van der Waals surface area contributed by atoms with E-state index in [0.717, 1.165) is 18.8 Å². The SMILES string of the molecule is C=C(CNCC)CSCC. The van der Waals surface area contributed by atoms with E-state index in [4.69, 9.17) is 0 Å². The Kier molecular flexibility index (Phi) is 7.20. The highest BCUT2D eigenvalue weighted by Crippen LogP contribution is 2.03. The van der Waals surface area contributed by atoms with Crippen LogP contribution in [0.2, 0.25) is 0 Å². The van der Waals surface area contributed by atoms with Gasteiger partial charge in [0, 0.05) is 12.3 Å². The van der Waals surface area contributed by atoms with Crippen molar-refractivity contribution in [2.75, 3.05) is 24.6 Å². The van der Waals surface area contributed by atoms with Crippen LogP contribution in [0.4, 0.5) is 0 Å². The molecule has 0 unspecified atom stereocenters. The van der Waals surface area contributed by atoms with Crippen molar-refractivity contribution in [3.63, 3.8) is 0 Å². The van der Waals surface area contributed by atoms with Crippen molar-refractivity contribution in [2.24, 2.45) is 0 Å². The monoisotopic (exact) mass is 159 g/mol. The molecule has 2 heteroatoms. The van der Waals surface area contributed by atoms with Crippen molar-refractivity contribution in [2.45, 2.75) is 13.8 Å². The van der Waals surface area contributed by atoms with Gasteiger partial charge >= 0.3 is 0 Å². The van der Waals surface area contributed by atoms with E-state index in [1.807, 2.05) is 11.8 Å². The highest BCUT2D eigenvalue weighted by Gasteiger charge is 1.90. The summed E-state index contributed by atoms with van der Waals surface area (Å²) in [6.07, 6.45) is 0. The van der Waals surface area contributed by atoms with Gasteiger partial charge in [-0.1, -0.05) is 26.0 Å². The van der Waals surface area contributed by atoms with Gasteiger partial charge in [-0.25, -0.2) is 0 Å². The summed E-state index contributed by atoms with van der Waals surface area (Å²) in [5, 5.41) is 3.24. The van der Waals surface area contributed by atoms with Crippen LogP contribution < -0.4 is 5.32 Å². The van der Waals surface area contributed by atoms with Gasteiger partial charge in [0.15, 0.2) is 0 Å². The highest BCUT2D eigenvalue weighted by molar-refractivity contribution is 7.99. The Morgan fingerprint density at radius 2 is 2.20 bits per heavy atom. The average molecular weight is 159 g/mol. The molecule has 60 valence electrons. The molecule has 0 saturated carbocycles. The van der Waals surface area contributed by atoms with Crippen molar-refractivity contribution in [3.8, 4) is 0 Å². The zero-order valence-corrected chi connectivity index (χ0v) is 7.76. The summed E-state index contributed by atoms with van der Waals surface area (Å²) in [6, 6.07) is 0. The minimum absolute atomic E-state index is 0.976. The van der Waals surface area contributed by atoms with Crippen molar-refractivity contribution in [1.29, 1.82) is 0 Å². The van der Waals surface area contributed by atoms with Crippen molar-refractivity contribution < 1.29 is 0 Å². The minimum Gasteiger partial charge on any atom is -0.313 e. The van der Waals surface area contributed by atoms with Gasteiger partial charge in [-0.15, -0.1) is 0 Å². The van der Waals surface area contributed by atoms with Crippen molar-refractivity contribution >= 4 is 11.8 Å². The van der Waals surface area contributed by atoms with E-state index in [1.165, 1.54) is 11.3 Å². The summed E-state index contributed by atoms with van der Waals surface area (Å²) < 4.78 is 0. The number of hydrogen-bond donors (Lipinski definition) is 1. The minimum atomic E-state index is 0.976. The molecule has 0 aliphatic heterocycles. The fraction of sp³-hybridized carbons (Fsp3) is 0.750. The molecule has 0 spiro atoms. The largest absolute Gasteiger partial charge is 0.313 e. The third-order valence-electron chi connectivity index (χ3n) is 1.14. The Balaban J connectivity index is 3.09. The second kappa shape index (κ2) is 7.16. The van der Waals surface area contributed by atoms with E-state index in [0.29, 0.717) is 0 Å². The molecule has 0 aliphatic carbocycles. The van der Waals surface area contributed by atoms with Gasteiger partial charge < -0.3 is 5.32 Å². The molecule has 0 saturated heterocycles. The van der Waals surface area contributed by atoms with E-state index < -0.39 is 0 Å². The van der Waals surface area contributed by atoms with Gasteiger partial charge in [0.1, 0.15) is 0 Å². The molecule has 0 aromatic heterocycles. The van der Waals surface area contributed by atoms with Gasteiger partial charge in [0.2, 0.25) is 0 Å². The van der Waals surface area contributed by atoms with E-state index in [-0.39, 0.29) is 0 Å². The lowest BCUT2D eigenvalue weighted by atomic mass is 10.3. The lowest BCUT2D eigenvalue weighted by molar-refractivity contribution is 0.779. The lowest BCUT2D eigenvalue weighted by Gasteiger charge is -2.03. The van der Waals surface area contributed by atoms with Gasteiger partial charge in [0.05, 0.1) is 0 Å². The molecule has 0 heterocycles.